The van der Waals surface area contributed by atoms with Gasteiger partial charge in [-0.15, -0.1) is 0 Å². The van der Waals surface area contributed by atoms with Gasteiger partial charge in [0.05, 0.1) is 32.9 Å². The third-order valence-electron chi connectivity index (χ3n) is 5.75. The normalized spacial score (nSPS) is 15.3. The van der Waals surface area contributed by atoms with Crippen molar-refractivity contribution in [1.29, 1.82) is 0 Å². The summed E-state index contributed by atoms with van der Waals surface area (Å²) in [6, 6.07) is 30.1. The van der Waals surface area contributed by atoms with Crippen molar-refractivity contribution in [3.8, 4) is 11.5 Å². The summed E-state index contributed by atoms with van der Waals surface area (Å²) in [5.74, 6) is 1.03. The smallest absolute Gasteiger partial charge is 0.271 e. The summed E-state index contributed by atoms with van der Waals surface area (Å²) in [6.45, 7) is 2.68. The average Bonchev–Trinajstić information content (AvgIpc) is 3.25. The van der Waals surface area contributed by atoms with Crippen molar-refractivity contribution in [2.75, 3.05) is 11.5 Å². The minimum absolute atomic E-state index is 0.140. The van der Waals surface area contributed by atoms with Crippen molar-refractivity contribution in [2.24, 2.45) is 4.99 Å². The number of aliphatic imine (C=N–C) groups is 1. The molecule has 1 fully saturated rings. The summed E-state index contributed by atoms with van der Waals surface area (Å²) in [5.41, 5.74) is 3.23. The fourth-order valence-electron chi connectivity index (χ4n) is 3.91. The highest BCUT2D eigenvalue weighted by atomic mass is 35.5. The number of nitrogens with zero attached hydrogens (tertiary/aromatic N) is 2. The molecule has 8 heteroatoms. The van der Waals surface area contributed by atoms with Gasteiger partial charge in [0.1, 0.15) is 6.61 Å². The molecule has 5 nitrogen and oxygen atoms in total. The number of carbonyl (C=O) groups excluding carboxylic acids is 1. The first kappa shape index (κ1) is 26.9. The fourth-order valence-corrected chi connectivity index (χ4v) is 5.23. The SMILES string of the molecule is CCOc1cc(/C=C2/SC(=Nc3ccccc3)N(c3ccccc3)C2=O)ccc1OCc1ccc(Cl)c(Cl)c1. The molecule has 0 unspecified atom stereocenters. The Morgan fingerprint density at radius 1 is 0.846 bits per heavy atom. The maximum atomic E-state index is 13.6. The number of hydrogen-bond donors (Lipinski definition) is 0. The van der Waals surface area contributed by atoms with Crippen molar-refractivity contribution < 1.29 is 14.3 Å². The average molecular weight is 576 g/mol. The van der Waals surface area contributed by atoms with Gasteiger partial charge in [-0.3, -0.25) is 9.69 Å². The highest BCUT2D eigenvalue weighted by Crippen LogP contribution is 2.38. The summed E-state index contributed by atoms with van der Waals surface area (Å²) in [7, 11) is 0. The third kappa shape index (κ3) is 6.48. The van der Waals surface area contributed by atoms with Crippen LogP contribution in [0.25, 0.3) is 6.08 Å². The maximum Gasteiger partial charge on any atom is 0.271 e. The van der Waals surface area contributed by atoms with Crippen LogP contribution in [0.15, 0.2) is 107 Å². The second-order valence-electron chi connectivity index (χ2n) is 8.49. The molecule has 0 aromatic heterocycles. The summed E-state index contributed by atoms with van der Waals surface area (Å²) in [4.78, 5) is 20.5. The Balaban J connectivity index is 1.43. The van der Waals surface area contributed by atoms with Crippen LogP contribution in [-0.2, 0) is 11.4 Å². The first-order chi connectivity index (χ1) is 19.0. The van der Waals surface area contributed by atoms with Gasteiger partial charge in [-0.05, 0) is 84.4 Å². The molecular formula is C31H24Cl2N2O3S. The molecule has 0 aliphatic carbocycles. The highest BCUT2D eigenvalue weighted by Gasteiger charge is 2.34. The Morgan fingerprint density at radius 3 is 2.31 bits per heavy atom. The number of halogens is 2. The molecule has 0 radical (unpaired) electrons. The number of benzene rings is 4. The van der Waals surface area contributed by atoms with Crippen LogP contribution in [0.1, 0.15) is 18.1 Å². The van der Waals surface area contributed by atoms with Crippen LogP contribution in [-0.4, -0.2) is 17.7 Å². The number of para-hydroxylation sites is 2. The van der Waals surface area contributed by atoms with Gasteiger partial charge in [-0.2, -0.15) is 0 Å². The van der Waals surface area contributed by atoms with Crippen LogP contribution in [0, 0.1) is 0 Å². The van der Waals surface area contributed by atoms with Gasteiger partial charge in [0.15, 0.2) is 16.7 Å². The number of rotatable bonds is 8. The van der Waals surface area contributed by atoms with E-state index >= 15 is 0 Å². The molecular weight excluding hydrogens is 551 g/mol. The molecule has 0 atom stereocenters. The van der Waals surface area contributed by atoms with Crippen molar-refractivity contribution in [1.82, 2.24) is 0 Å². The zero-order valence-corrected chi connectivity index (χ0v) is 23.3. The number of carbonyl (C=O) groups is 1. The van der Waals surface area contributed by atoms with Crippen molar-refractivity contribution in [3.05, 3.63) is 123 Å². The molecule has 39 heavy (non-hydrogen) atoms. The van der Waals surface area contributed by atoms with E-state index in [-0.39, 0.29) is 5.91 Å². The van der Waals surface area contributed by atoms with E-state index in [0.717, 1.165) is 22.5 Å². The monoisotopic (exact) mass is 574 g/mol. The Bertz CT molecular complexity index is 1540. The summed E-state index contributed by atoms with van der Waals surface area (Å²) < 4.78 is 11.9. The Labute approximate surface area is 241 Å². The lowest BCUT2D eigenvalue weighted by molar-refractivity contribution is -0.113. The molecule has 0 bridgehead atoms. The van der Waals surface area contributed by atoms with E-state index in [9.17, 15) is 4.79 Å². The van der Waals surface area contributed by atoms with E-state index in [4.69, 9.17) is 37.7 Å². The molecule has 4 aromatic carbocycles. The topological polar surface area (TPSA) is 51.1 Å². The van der Waals surface area contributed by atoms with E-state index < -0.39 is 0 Å². The number of amides is 1. The van der Waals surface area contributed by atoms with Crippen LogP contribution in [0.5, 0.6) is 11.5 Å². The van der Waals surface area contributed by atoms with Gasteiger partial charge in [-0.1, -0.05) is 71.7 Å². The van der Waals surface area contributed by atoms with Crippen molar-refractivity contribution in [3.63, 3.8) is 0 Å². The molecule has 1 heterocycles. The van der Waals surface area contributed by atoms with E-state index in [1.165, 1.54) is 11.8 Å². The van der Waals surface area contributed by atoms with Crippen molar-refractivity contribution >= 4 is 63.5 Å². The third-order valence-corrected chi connectivity index (χ3v) is 7.45. The van der Waals surface area contributed by atoms with Gasteiger partial charge in [-0.25, -0.2) is 4.99 Å². The molecule has 0 spiro atoms. The second-order valence-corrected chi connectivity index (χ2v) is 10.3. The molecule has 4 aromatic rings. The van der Waals surface area contributed by atoms with Crippen LogP contribution in [0.3, 0.4) is 0 Å². The molecule has 1 amide bonds. The molecule has 1 aliphatic heterocycles. The lowest BCUT2D eigenvalue weighted by Gasteiger charge is -2.15. The number of anilines is 1. The molecule has 1 saturated heterocycles. The minimum Gasteiger partial charge on any atom is -0.490 e. The summed E-state index contributed by atoms with van der Waals surface area (Å²) in [5, 5.41) is 1.56. The number of amidine groups is 1. The fraction of sp³-hybridized carbons (Fsp3) is 0.0968. The van der Waals surface area contributed by atoms with Gasteiger partial charge in [0.2, 0.25) is 0 Å². The van der Waals surface area contributed by atoms with E-state index in [0.29, 0.717) is 44.8 Å². The predicted octanol–water partition coefficient (Wildman–Crippen LogP) is 8.78. The maximum absolute atomic E-state index is 13.6. The highest BCUT2D eigenvalue weighted by molar-refractivity contribution is 8.19. The Hall–Kier alpha value is -3.71. The lowest BCUT2D eigenvalue weighted by Crippen LogP contribution is -2.28. The molecule has 5 rings (SSSR count). The first-order valence-corrected chi connectivity index (χ1v) is 13.9. The van der Waals surface area contributed by atoms with Gasteiger partial charge >= 0.3 is 0 Å². The molecule has 1 aliphatic rings. The number of ether oxygens (including phenoxy) is 2. The Morgan fingerprint density at radius 2 is 1.59 bits per heavy atom. The Kier molecular flexibility index (Phi) is 8.57. The van der Waals surface area contributed by atoms with E-state index in [2.05, 4.69) is 0 Å². The standard InChI is InChI=1S/C31H24Cl2N2O3S/c1-2-37-28-18-21(14-16-27(28)38-20-22-13-15-25(32)26(33)17-22)19-29-30(36)35(24-11-7-4-8-12-24)31(39-29)34-23-9-5-3-6-10-23/h3-19H,2,20H2,1H3/b29-19+,34-31?. The summed E-state index contributed by atoms with van der Waals surface area (Å²) in [6.07, 6.45) is 1.85. The first-order valence-electron chi connectivity index (χ1n) is 12.3. The second kappa shape index (κ2) is 12.4. The zero-order chi connectivity index (χ0) is 27.2. The van der Waals surface area contributed by atoms with E-state index in [1.807, 2.05) is 97.9 Å². The quantitative estimate of drug-likeness (QED) is 0.197. The van der Waals surface area contributed by atoms with Crippen LogP contribution >= 0.6 is 35.0 Å². The summed E-state index contributed by atoms with van der Waals surface area (Å²) >= 11 is 13.5. The van der Waals surface area contributed by atoms with Crippen LogP contribution in [0.2, 0.25) is 10.0 Å². The number of hydrogen-bond acceptors (Lipinski definition) is 5. The molecule has 0 saturated carbocycles. The largest absolute Gasteiger partial charge is 0.490 e. The predicted molar refractivity (Wildman–Crippen MR) is 161 cm³/mol. The van der Waals surface area contributed by atoms with Gasteiger partial charge < -0.3 is 9.47 Å². The van der Waals surface area contributed by atoms with Crippen LogP contribution < -0.4 is 14.4 Å². The van der Waals surface area contributed by atoms with E-state index in [1.54, 1.807) is 17.0 Å². The van der Waals surface area contributed by atoms with Gasteiger partial charge in [0.25, 0.3) is 5.91 Å². The molecule has 0 N–H and O–H groups in total. The number of thioether (sulfide) groups is 1. The molecule has 196 valence electrons. The van der Waals surface area contributed by atoms with Gasteiger partial charge in [0, 0.05) is 0 Å². The van der Waals surface area contributed by atoms with Crippen molar-refractivity contribution in [2.45, 2.75) is 13.5 Å². The lowest BCUT2D eigenvalue weighted by atomic mass is 10.1. The minimum atomic E-state index is -0.140. The zero-order valence-electron chi connectivity index (χ0n) is 21.0. The van der Waals surface area contributed by atoms with Crippen LogP contribution in [0.4, 0.5) is 11.4 Å².